The van der Waals surface area contributed by atoms with Gasteiger partial charge in [-0.2, -0.15) is 0 Å². The molecule has 2 rings (SSSR count). The van der Waals surface area contributed by atoms with Crippen molar-refractivity contribution in [3.63, 3.8) is 0 Å². The van der Waals surface area contributed by atoms with Crippen LogP contribution >= 0.6 is 0 Å². The maximum Gasteiger partial charge on any atom is 0.0715 e. The number of nitrogens with one attached hydrogen (secondary N) is 1. The highest BCUT2D eigenvalue weighted by molar-refractivity contribution is 4.82. The Morgan fingerprint density at radius 1 is 1.12 bits per heavy atom. The van der Waals surface area contributed by atoms with Gasteiger partial charge in [-0.25, -0.2) is 0 Å². The molecule has 2 aliphatic rings. The van der Waals surface area contributed by atoms with Crippen LogP contribution in [0.1, 0.15) is 38.5 Å². The zero-order valence-electron chi connectivity index (χ0n) is 10.4. The molecule has 1 aliphatic heterocycles. The Hall–Kier alpha value is -0.120. The van der Waals surface area contributed by atoms with Crippen molar-refractivity contribution in [1.82, 2.24) is 5.32 Å². The molecule has 0 spiro atoms. The molecule has 1 N–H and O–H groups in total. The van der Waals surface area contributed by atoms with Crippen molar-refractivity contribution in [2.75, 3.05) is 26.9 Å². The van der Waals surface area contributed by atoms with Crippen LogP contribution in [0.5, 0.6) is 0 Å². The van der Waals surface area contributed by atoms with Crippen molar-refractivity contribution in [1.29, 1.82) is 0 Å². The molecule has 0 aromatic heterocycles. The summed E-state index contributed by atoms with van der Waals surface area (Å²) < 4.78 is 11.2. The average Bonchev–Trinajstić information content (AvgIpc) is 2.76. The van der Waals surface area contributed by atoms with Crippen molar-refractivity contribution in [2.24, 2.45) is 5.92 Å². The number of methoxy groups -OCH3 is 1. The van der Waals surface area contributed by atoms with E-state index in [0.29, 0.717) is 12.1 Å². The number of ether oxygens (including phenoxy) is 2. The van der Waals surface area contributed by atoms with Gasteiger partial charge in [0.05, 0.1) is 12.7 Å². The predicted octanol–water partition coefficient (Wildman–Crippen LogP) is 1.96. The minimum absolute atomic E-state index is 0.419. The van der Waals surface area contributed by atoms with Crippen molar-refractivity contribution >= 4 is 0 Å². The van der Waals surface area contributed by atoms with Gasteiger partial charge >= 0.3 is 0 Å². The smallest absolute Gasteiger partial charge is 0.0715 e. The standard InChI is InChI=1S/C13H25NO2/c1-15-10-12-7-13(8-14-12)16-9-11-5-3-2-4-6-11/h11-14H,2-10H2,1H3/t12-,13+/m0/s1. The third kappa shape index (κ3) is 3.72. The molecular weight excluding hydrogens is 202 g/mol. The zero-order chi connectivity index (χ0) is 11.2. The van der Waals surface area contributed by atoms with E-state index in [9.17, 15) is 0 Å². The molecule has 0 aromatic rings. The van der Waals surface area contributed by atoms with Gasteiger partial charge in [0, 0.05) is 26.3 Å². The Kier molecular flexibility index (Phi) is 5.07. The Balaban J connectivity index is 1.59. The van der Waals surface area contributed by atoms with Gasteiger partial charge < -0.3 is 14.8 Å². The number of hydrogen-bond donors (Lipinski definition) is 1. The lowest BCUT2D eigenvalue weighted by atomic mass is 9.90. The molecule has 16 heavy (non-hydrogen) atoms. The van der Waals surface area contributed by atoms with Crippen LogP contribution in [0, 0.1) is 5.92 Å². The second-order valence-electron chi connectivity index (χ2n) is 5.26. The molecule has 2 atom stereocenters. The second-order valence-corrected chi connectivity index (χ2v) is 5.26. The Labute approximate surface area is 98.9 Å². The van der Waals surface area contributed by atoms with Crippen molar-refractivity contribution in [3.8, 4) is 0 Å². The van der Waals surface area contributed by atoms with Gasteiger partial charge in [0.1, 0.15) is 0 Å². The number of rotatable bonds is 5. The van der Waals surface area contributed by atoms with Gasteiger partial charge in [-0.1, -0.05) is 19.3 Å². The molecule has 0 aromatic carbocycles. The molecule has 1 heterocycles. The van der Waals surface area contributed by atoms with E-state index in [2.05, 4.69) is 5.32 Å². The van der Waals surface area contributed by atoms with Gasteiger partial charge in [0.25, 0.3) is 0 Å². The quantitative estimate of drug-likeness (QED) is 0.779. The highest BCUT2D eigenvalue weighted by atomic mass is 16.5. The van der Waals surface area contributed by atoms with Crippen LogP contribution < -0.4 is 5.32 Å². The maximum atomic E-state index is 6.00. The lowest BCUT2D eigenvalue weighted by Crippen LogP contribution is -2.26. The molecule has 0 amide bonds. The van der Waals surface area contributed by atoms with E-state index < -0.39 is 0 Å². The summed E-state index contributed by atoms with van der Waals surface area (Å²) in [6, 6.07) is 0.501. The Morgan fingerprint density at radius 3 is 2.69 bits per heavy atom. The van der Waals surface area contributed by atoms with Crippen LogP contribution in [0.25, 0.3) is 0 Å². The first-order chi connectivity index (χ1) is 7.88. The van der Waals surface area contributed by atoms with E-state index in [1.165, 1.54) is 32.1 Å². The molecule has 1 saturated carbocycles. The van der Waals surface area contributed by atoms with E-state index >= 15 is 0 Å². The highest BCUT2D eigenvalue weighted by Crippen LogP contribution is 2.24. The topological polar surface area (TPSA) is 30.5 Å². The zero-order valence-corrected chi connectivity index (χ0v) is 10.4. The molecule has 1 aliphatic carbocycles. The van der Waals surface area contributed by atoms with E-state index in [4.69, 9.17) is 9.47 Å². The minimum Gasteiger partial charge on any atom is -0.383 e. The molecular formula is C13H25NO2. The highest BCUT2D eigenvalue weighted by Gasteiger charge is 2.25. The van der Waals surface area contributed by atoms with Gasteiger partial charge in [-0.05, 0) is 25.2 Å². The first kappa shape index (κ1) is 12.3. The molecule has 3 heteroatoms. The van der Waals surface area contributed by atoms with E-state index in [1.54, 1.807) is 7.11 Å². The fourth-order valence-corrected chi connectivity index (χ4v) is 2.86. The summed E-state index contributed by atoms with van der Waals surface area (Å²) in [5, 5.41) is 3.45. The summed E-state index contributed by atoms with van der Waals surface area (Å²) in [4.78, 5) is 0. The molecule has 0 unspecified atom stereocenters. The molecule has 0 radical (unpaired) electrons. The Morgan fingerprint density at radius 2 is 1.94 bits per heavy atom. The van der Waals surface area contributed by atoms with Gasteiger partial charge in [-0.3, -0.25) is 0 Å². The fourth-order valence-electron chi connectivity index (χ4n) is 2.86. The van der Waals surface area contributed by atoms with E-state index in [0.717, 1.165) is 32.1 Å². The lowest BCUT2D eigenvalue weighted by molar-refractivity contribution is 0.0292. The largest absolute Gasteiger partial charge is 0.383 e. The second kappa shape index (κ2) is 6.58. The van der Waals surface area contributed by atoms with Crippen molar-refractivity contribution in [3.05, 3.63) is 0 Å². The number of hydrogen-bond acceptors (Lipinski definition) is 3. The van der Waals surface area contributed by atoms with Crippen LogP contribution in [0.4, 0.5) is 0 Å². The SMILES string of the molecule is COC[C@@H]1C[C@@H](OCC2CCCCC2)CN1. The molecule has 94 valence electrons. The first-order valence-corrected chi connectivity index (χ1v) is 6.72. The summed E-state index contributed by atoms with van der Waals surface area (Å²) in [5.41, 5.74) is 0. The molecule has 0 bridgehead atoms. The van der Waals surface area contributed by atoms with Gasteiger partial charge in [0.15, 0.2) is 0 Å². The van der Waals surface area contributed by atoms with Crippen LogP contribution in [-0.4, -0.2) is 39.0 Å². The minimum atomic E-state index is 0.419. The van der Waals surface area contributed by atoms with Crippen LogP contribution in [0.2, 0.25) is 0 Å². The molecule has 3 nitrogen and oxygen atoms in total. The van der Waals surface area contributed by atoms with Gasteiger partial charge in [0.2, 0.25) is 0 Å². The van der Waals surface area contributed by atoms with Crippen molar-refractivity contribution in [2.45, 2.75) is 50.7 Å². The van der Waals surface area contributed by atoms with Crippen LogP contribution in [0.15, 0.2) is 0 Å². The summed E-state index contributed by atoms with van der Waals surface area (Å²) >= 11 is 0. The molecule has 1 saturated heterocycles. The summed E-state index contributed by atoms with van der Waals surface area (Å²) in [7, 11) is 1.76. The van der Waals surface area contributed by atoms with Crippen LogP contribution in [-0.2, 0) is 9.47 Å². The predicted molar refractivity (Wildman–Crippen MR) is 64.6 cm³/mol. The van der Waals surface area contributed by atoms with E-state index in [1.807, 2.05) is 0 Å². The summed E-state index contributed by atoms with van der Waals surface area (Å²) in [5.74, 6) is 0.829. The summed E-state index contributed by atoms with van der Waals surface area (Å²) in [6.07, 6.45) is 8.52. The third-order valence-electron chi connectivity index (χ3n) is 3.84. The normalized spacial score (nSPS) is 32.1. The lowest BCUT2D eigenvalue weighted by Gasteiger charge is -2.23. The average molecular weight is 227 g/mol. The maximum absolute atomic E-state index is 6.00. The fraction of sp³-hybridized carbons (Fsp3) is 1.00. The van der Waals surface area contributed by atoms with Gasteiger partial charge in [-0.15, -0.1) is 0 Å². The van der Waals surface area contributed by atoms with E-state index in [-0.39, 0.29) is 0 Å². The van der Waals surface area contributed by atoms with Crippen LogP contribution in [0.3, 0.4) is 0 Å². The third-order valence-corrected chi connectivity index (χ3v) is 3.84. The molecule has 2 fully saturated rings. The first-order valence-electron chi connectivity index (χ1n) is 6.72. The monoisotopic (exact) mass is 227 g/mol. The van der Waals surface area contributed by atoms with Crippen molar-refractivity contribution < 1.29 is 9.47 Å². The Bertz CT molecular complexity index is 192. The summed E-state index contributed by atoms with van der Waals surface area (Å²) in [6.45, 7) is 2.79.